The quantitative estimate of drug-likeness (QED) is 0.822. The van der Waals surface area contributed by atoms with E-state index in [1.165, 1.54) is 4.57 Å². The molecule has 1 heterocycles. The molecule has 2 aromatic rings. The fourth-order valence-corrected chi connectivity index (χ4v) is 1.92. The lowest BCUT2D eigenvalue weighted by Gasteiger charge is -2.13. The number of benzene rings is 1. The Balaban J connectivity index is 2.57. The van der Waals surface area contributed by atoms with Crippen molar-refractivity contribution in [1.29, 1.82) is 5.26 Å². The summed E-state index contributed by atoms with van der Waals surface area (Å²) in [4.78, 5) is 13.9. The zero-order valence-electron chi connectivity index (χ0n) is 11.2. The van der Waals surface area contributed by atoms with Gasteiger partial charge in [-0.1, -0.05) is 12.1 Å². The number of hydrogen-bond donors (Lipinski definition) is 0. The Morgan fingerprint density at radius 1 is 1.16 bits per heavy atom. The van der Waals surface area contributed by atoms with Crippen LogP contribution in [-0.2, 0) is 7.05 Å². The summed E-state index contributed by atoms with van der Waals surface area (Å²) < 4.78 is 1.41. The van der Waals surface area contributed by atoms with E-state index in [1.807, 2.05) is 49.3 Å². The number of aromatic nitrogens is 1. The van der Waals surface area contributed by atoms with Crippen molar-refractivity contribution in [3.05, 3.63) is 52.4 Å². The maximum absolute atomic E-state index is 11.9. The first kappa shape index (κ1) is 12.9. The standard InChI is InChI=1S/C15H15N3O/c1-17(2)12-6-4-11(5-7-12)13-8-9-18(3)15(19)14(13)10-16/h4-9H,1-3H3. The van der Waals surface area contributed by atoms with E-state index >= 15 is 0 Å². The molecule has 0 saturated heterocycles. The molecule has 0 radical (unpaired) electrons. The van der Waals surface area contributed by atoms with E-state index in [4.69, 9.17) is 5.26 Å². The fourth-order valence-electron chi connectivity index (χ4n) is 1.92. The minimum Gasteiger partial charge on any atom is -0.378 e. The Morgan fingerprint density at radius 2 is 1.79 bits per heavy atom. The topological polar surface area (TPSA) is 49.0 Å². The predicted octanol–water partition coefficient (Wildman–Crippen LogP) is 1.99. The Bertz CT molecular complexity index is 691. The molecule has 0 spiro atoms. The van der Waals surface area contributed by atoms with Gasteiger partial charge in [-0.2, -0.15) is 5.26 Å². The van der Waals surface area contributed by atoms with Crippen molar-refractivity contribution in [1.82, 2.24) is 4.57 Å². The highest BCUT2D eigenvalue weighted by Gasteiger charge is 2.10. The number of pyridine rings is 1. The molecule has 1 aromatic carbocycles. The molecule has 0 aliphatic rings. The van der Waals surface area contributed by atoms with Gasteiger partial charge in [0.1, 0.15) is 11.6 Å². The molecule has 96 valence electrons. The van der Waals surface area contributed by atoms with E-state index in [-0.39, 0.29) is 11.1 Å². The average Bonchev–Trinajstić information content (AvgIpc) is 2.41. The second-order valence-electron chi connectivity index (χ2n) is 4.57. The van der Waals surface area contributed by atoms with Crippen LogP contribution in [0.5, 0.6) is 0 Å². The monoisotopic (exact) mass is 253 g/mol. The van der Waals surface area contributed by atoms with E-state index in [2.05, 4.69) is 0 Å². The summed E-state index contributed by atoms with van der Waals surface area (Å²) in [6, 6.07) is 11.6. The fraction of sp³-hybridized carbons (Fsp3) is 0.200. The van der Waals surface area contributed by atoms with Crippen LogP contribution in [-0.4, -0.2) is 18.7 Å². The molecule has 0 aliphatic carbocycles. The molecule has 1 aromatic heterocycles. The van der Waals surface area contributed by atoms with Crippen molar-refractivity contribution >= 4 is 5.69 Å². The average molecular weight is 253 g/mol. The largest absolute Gasteiger partial charge is 0.378 e. The smallest absolute Gasteiger partial charge is 0.268 e. The van der Waals surface area contributed by atoms with Crippen molar-refractivity contribution in [3.8, 4) is 17.2 Å². The maximum atomic E-state index is 11.9. The van der Waals surface area contributed by atoms with Gasteiger partial charge in [-0.15, -0.1) is 0 Å². The SMILES string of the molecule is CN(C)c1ccc(-c2ccn(C)c(=O)c2C#N)cc1. The number of anilines is 1. The van der Waals surface area contributed by atoms with Crippen LogP contribution in [0.25, 0.3) is 11.1 Å². The van der Waals surface area contributed by atoms with Crippen LogP contribution < -0.4 is 10.5 Å². The van der Waals surface area contributed by atoms with Crippen LogP contribution in [0, 0.1) is 11.3 Å². The van der Waals surface area contributed by atoms with Crippen LogP contribution in [0.15, 0.2) is 41.3 Å². The number of aryl methyl sites for hydroxylation is 1. The van der Waals surface area contributed by atoms with Crippen molar-refractivity contribution in [2.45, 2.75) is 0 Å². The van der Waals surface area contributed by atoms with Gasteiger partial charge in [-0.3, -0.25) is 4.79 Å². The second kappa shape index (κ2) is 4.99. The highest BCUT2D eigenvalue weighted by atomic mass is 16.1. The zero-order valence-corrected chi connectivity index (χ0v) is 11.2. The van der Waals surface area contributed by atoms with Crippen LogP contribution in [0.2, 0.25) is 0 Å². The Hall–Kier alpha value is -2.54. The Morgan fingerprint density at radius 3 is 2.32 bits per heavy atom. The van der Waals surface area contributed by atoms with Crippen molar-refractivity contribution in [2.75, 3.05) is 19.0 Å². The van der Waals surface area contributed by atoms with Crippen LogP contribution in [0.4, 0.5) is 5.69 Å². The first-order valence-electron chi connectivity index (χ1n) is 5.92. The molecule has 4 heteroatoms. The van der Waals surface area contributed by atoms with E-state index in [1.54, 1.807) is 19.3 Å². The normalized spacial score (nSPS) is 10.0. The Kier molecular flexibility index (Phi) is 3.39. The molecule has 19 heavy (non-hydrogen) atoms. The first-order valence-corrected chi connectivity index (χ1v) is 5.92. The molecule has 0 bridgehead atoms. The van der Waals surface area contributed by atoms with Gasteiger partial charge in [0.25, 0.3) is 5.56 Å². The summed E-state index contributed by atoms with van der Waals surface area (Å²) in [5, 5.41) is 9.16. The third kappa shape index (κ3) is 2.36. The highest BCUT2D eigenvalue weighted by Crippen LogP contribution is 2.23. The summed E-state index contributed by atoms with van der Waals surface area (Å²) in [5.74, 6) is 0. The number of nitriles is 1. The molecule has 0 N–H and O–H groups in total. The van der Waals surface area contributed by atoms with E-state index in [9.17, 15) is 4.79 Å². The second-order valence-corrected chi connectivity index (χ2v) is 4.57. The van der Waals surface area contributed by atoms with Gasteiger partial charge in [0.15, 0.2) is 0 Å². The molecule has 0 atom stereocenters. The summed E-state index contributed by atoms with van der Waals surface area (Å²) >= 11 is 0. The number of nitrogens with zero attached hydrogens (tertiary/aromatic N) is 3. The van der Waals surface area contributed by atoms with Crippen molar-refractivity contribution < 1.29 is 0 Å². The highest BCUT2D eigenvalue weighted by molar-refractivity contribution is 5.71. The lowest BCUT2D eigenvalue weighted by atomic mass is 10.0. The third-order valence-electron chi connectivity index (χ3n) is 3.07. The molecule has 2 rings (SSSR count). The van der Waals surface area contributed by atoms with Crippen molar-refractivity contribution in [3.63, 3.8) is 0 Å². The lowest BCUT2D eigenvalue weighted by molar-refractivity contribution is 0.857. The number of rotatable bonds is 2. The summed E-state index contributed by atoms with van der Waals surface area (Å²) in [7, 11) is 5.57. The maximum Gasteiger partial charge on any atom is 0.268 e. The summed E-state index contributed by atoms with van der Waals surface area (Å²) in [6.45, 7) is 0. The molecule has 0 amide bonds. The van der Waals surface area contributed by atoms with Gasteiger partial charge in [-0.05, 0) is 23.8 Å². The zero-order chi connectivity index (χ0) is 14.0. The molecule has 0 saturated carbocycles. The summed E-state index contributed by atoms with van der Waals surface area (Å²) in [6.07, 6.45) is 1.68. The van der Waals surface area contributed by atoms with Crippen LogP contribution in [0.3, 0.4) is 0 Å². The molecular weight excluding hydrogens is 238 g/mol. The van der Waals surface area contributed by atoms with Gasteiger partial charge < -0.3 is 9.47 Å². The third-order valence-corrected chi connectivity index (χ3v) is 3.07. The minimum absolute atomic E-state index is 0.183. The van der Waals surface area contributed by atoms with E-state index in [0.717, 1.165) is 11.3 Å². The van der Waals surface area contributed by atoms with Gasteiger partial charge in [-0.25, -0.2) is 0 Å². The van der Waals surface area contributed by atoms with Gasteiger partial charge >= 0.3 is 0 Å². The molecule has 4 nitrogen and oxygen atoms in total. The van der Waals surface area contributed by atoms with Crippen molar-refractivity contribution in [2.24, 2.45) is 7.05 Å². The lowest BCUT2D eigenvalue weighted by Crippen LogP contribution is -2.19. The Labute approximate surface area is 112 Å². The number of hydrogen-bond acceptors (Lipinski definition) is 3. The molecule has 0 aliphatic heterocycles. The predicted molar refractivity (Wildman–Crippen MR) is 76.2 cm³/mol. The molecular formula is C15H15N3O. The van der Waals surface area contributed by atoms with Crippen LogP contribution in [0.1, 0.15) is 5.56 Å². The van der Waals surface area contributed by atoms with Gasteiger partial charge in [0, 0.05) is 38.6 Å². The van der Waals surface area contributed by atoms with E-state index < -0.39 is 0 Å². The van der Waals surface area contributed by atoms with Gasteiger partial charge in [0.05, 0.1) is 0 Å². The summed E-state index contributed by atoms with van der Waals surface area (Å²) in [5.41, 5.74) is 2.54. The first-order chi connectivity index (χ1) is 9.04. The molecule has 0 fully saturated rings. The van der Waals surface area contributed by atoms with Crippen LogP contribution >= 0.6 is 0 Å². The minimum atomic E-state index is -0.267. The molecule has 0 unspecified atom stereocenters. The van der Waals surface area contributed by atoms with Gasteiger partial charge in [0.2, 0.25) is 0 Å². The van der Waals surface area contributed by atoms with E-state index in [0.29, 0.717) is 5.56 Å².